The summed E-state index contributed by atoms with van der Waals surface area (Å²) in [6.07, 6.45) is 3.41. The molecule has 0 aromatic heterocycles. The number of hydrogen-bond acceptors (Lipinski definition) is 4. The smallest absolute Gasteiger partial charge is 0.237 e. The van der Waals surface area contributed by atoms with Crippen LogP contribution in [0.15, 0.2) is 24.3 Å². The van der Waals surface area contributed by atoms with Gasteiger partial charge in [0.15, 0.2) is 0 Å². The molecular weight excluding hydrogens is 354 g/mol. The van der Waals surface area contributed by atoms with Gasteiger partial charge in [0, 0.05) is 46.4 Å². The van der Waals surface area contributed by atoms with Crippen molar-refractivity contribution >= 4 is 11.8 Å². The zero-order chi connectivity index (χ0) is 19.9. The summed E-state index contributed by atoms with van der Waals surface area (Å²) in [5, 5.41) is 2.93. The Bertz CT molecular complexity index is 673. The first-order chi connectivity index (χ1) is 13.5. The third kappa shape index (κ3) is 5.55. The summed E-state index contributed by atoms with van der Waals surface area (Å²) >= 11 is 0. The van der Waals surface area contributed by atoms with Crippen molar-refractivity contribution in [1.29, 1.82) is 0 Å². The standard InChI is InChI=1S/C22H33N3O3/c1-17-5-3-4-6-19(17)16-25-12-10-23-22(27)20(25)15-21(26)24(2)11-7-18-8-13-28-14-9-18/h3-6,18,20H,7-16H2,1-2H3,(H,23,27)/t20-/m1/s1. The maximum Gasteiger partial charge on any atom is 0.237 e. The topological polar surface area (TPSA) is 61.9 Å². The van der Waals surface area contributed by atoms with Gasteiger partial charge in [0.2, 0.25) is 11.8 Å². The molecule has 2 saturated heterocycles. The van der Waals surface area contributed by atoms with E-state index in [2.05, 4.69) is 29.3 Å². The molecule has 0 unspecified atom stereocenters. The van der Waals surface area contributed by atoms with Crippen molar-refractivity contribution in [2.75, 3.05) is 39.9 Å². The lowest BCUT2D eigenvalue weighted by Gasteiger charge is -2.36. The lowest BCUT2D eigenvalue weighted by atomic mass is 9.96. The SMILES string of the molecule is Cc1ccccc1CN1CCNC(=O)[C@H]1CC(=O)N(C)CCC1CCOCC1. The molecule has 2 aliphatic heterocycles. The van der Waals surface area contributed by atoms with E-state index >= 15 is 0 Å². The van der Waals surface area contributed by atoms with Crippen LogP contribution in [0.1, 0.15) is 36.8 Å². The quantitative estimate of drug-likeness (QED) is 0.777. The average molecular weight is 388 g/mol. The van der Waals surface area contributed by atoms with E-state index in [-0.39, 0.29) is 18.2 Å². The highest BCUT2D eigenvalue weighted by molar-refractivity contribution is 5.88. The van der Waals surface area contributed by atoms with Gasteiger partial charge in [0.25, 0.3) is 0 Å². The molecule has 0 saturated carbocycles. The number of carbonyl (C=O) groups excluding carboxylic acids is 2. The fourth-order valence-electron chi connectivity index (χ4n) is 4.04. The molecule has 28 heavy (non-hydrogen) atoms. The summed E-state index contributed by atoms with van der Waals surface area (Å²) in [6, 6.07) is 7.84. The Morgan fingerprint density at radius 1 is 1.29 bits per heavy atom. The molecule has 0 spiro atoms. The van der Waals surface area contributed by atoms with E-state index in [0.717, 1.165) is 45.6 Å². The predicted octanol–water partition coefficient (Wildman–Crippen LogP) is 1.96. The van der Waals surface area contributed by atoms with E-state index in [0.29, 0.717) is 19.0 Å². The summed E-state index contributed by atoms with van der Waals surface area (Å²) in [7, 11) is 1.86. The minimum absolute atomic E-state index is 0.0361. The molecule has 1 N–H and O–H groups in total. The minimum atomic E-state index is -0.397. The summed E-state index contributed by atoms with van der Waals surface area (Å²) in [5.41, 5.74) is 2.43. The van der Waals surface area contributed by atoms with Crippen LogP contribution in [-0.4, -0.2) is 67.6 Å². The largest absolute Gasteiger partial charge is 0.381 e. The summed E-state index contributed by atoms with van der Waals surface area (Å²) in [6.45, 7) is 6.60. The molecule has 2 fully saturated rings. The average Bonchev–Trinajstić information content (AvgIpc) is 2.71. The van der Waals surface area contributed by atoms with Gasteiger partial charge >= 0.3 is 0 Å². The highest BCUT2D eigenvalue weighted by Crippen LogP contribution is 2.20. The second-order valence-corrected chi connectivity index (χ2v) is 8.07. The Kier molecular flexibility index (Phi) is 7.45. The van der Waals surface area contributed by atoms with Crippen molar-refractivity contribution in [3.8, 4) is 0 Å². The monoisotopic (exact) mass is 387 g/mol. The number of nitrogens with zero attached hydrogens (tertiary/aromatic N) is 2. The third-order valence-electron chi connectivity index (χ3n) is 6.08. The third-order valence-corrected chi connectivity index (χ3v) is 6.08. The van der Waals surface area contributed by atoms with Crippen LogP contribution in [0, 0.1) is 12.8 Å². The van der Waals surface area contributed by atoms with Gasteiger partial charge in [-0.3, -0.25) is 14.5 Å². The Labute approximate surface area is 168 Å². The fourth-order valence-corrected chi connectivity index (χ4v) is 4.04. The van der Waals surface area contributed by atoms with Crippen LogP contribution in [0.25, 0.3) is 0 Å². The van der Waals surface area contributed by atoms with Crippen LogP contribution in [-0.2, 0) is 20.9 Å². The fraction of sp³-hybridized carbons (Fsp3) is 0.636. The predicted molar refractivity (Wildman–Crippen MR) is 109 cm³/mol. The van der Waals surface area contributed by atoms with Gasteiger partial charge in [-0.1, -0.05) is 24.3 Å². The highest BCUT2D eigenvalue weighted by Gasteiger charge is 2.32. The molecule has 2 heterocycles. The van der Waals surface area contributed by atoms with Gasteiger partial charge in [-0.15, -0.1) is 0 Å². The molecule has 0 bridgehead atoms. The van der Waals surface area contributed by atoms with E-state index < -0.39 is 6.04 Å². The number of benzene rings is 1. The second kappa shape index (κ2) is 10.0. The number of rotatable bonds is 7. The lowest BCUT2D eigenvalue weighted by Crippen LogP contribution is -2.56. The highest BCUT2D eigenvalue weighted by atomic mass is 16.5. The molecular formula is C22H33N3O3. The van der Waals surface area contributed by atoms with E-state index in [1.165, 1.54) is 11.1 Å². The maximum absolute atomic E-state index is 12.8. The van der Waals surface area contributed by atoms with E-state index in [9.17, 15) is 9.59 Å². The number of hydrogen-bond donors (Lipinski definition) is 1. The van der Waals surface area contributed by atoms with Crippen LogP contribution in [0.4, 0.5) is 0 Å². The first kappa shape index (κ1) is 20.8. The summed E-state index contributed by atoms with van der Waals surface area (Å²) in [4.78, 5) is 29.2. The summed E-state index contributed by atoms with van der Waals surface area (Å²) < 4.78 is 5.40. The molecule has 6 heteroatoms. The molecule has 154 valence electrons. The van der Waals surface area contributed by atoms with E-state index in [1.807, 2.05) is 19.2 Å². The van der Waals surface area contributed by atoms with Gasteiger partial charge in [-0.25, -0.2) is 0 Å². The zero-order valence-electron chi connectivity index (χ0n) is 17.2. The van der Waals surface area contributed by atoms with Gasteiger partial charge in [-0.2, -0.15) is 0 Å². The van der Waals surface area contributed by atoms with Crippen molar-refractivity contribution in [2.24, 2.45) is 5.92 Å². The Balaban J connectivity index is 1.56. The summed E-state index contributed by atoms with van der Waals surface area (Å²) in [5.74, 6) is 0.648. The molecule has 3 rings (SSSR count). The normalized spacial score (nSPS) is 21.4. The van der Waals surface area contributed by atoms with Crippen LogP contribution < -0.4 is 5.32 Å². The Morgan fingerprint density at radius 3 is 2.79 bits per heavy atom. The molecule has 0 aliphatic carbocycles. The molecule has 6 nitrogen and oxygen atoms in total. The molecule has 1 aromatic carbocycles. The van der Waals surface area contributed by atoms with Crippen LogP contribution in [0.3, 0.4) is 0 Å². The number of piperazine rings is 1. The van der Waals surface area contributed by atoms with Crippen molar-refractivity contribution in [2.45, 2.75) is 45.2 Å². The molecule has 2 aliphatic rings. The minimum Gasteiger partial charge on any atom is -0.381 e. The molecule has 1 atom stereocenters. The van der Waals surface area contributed by atoms with Gasteiger partial charge in [-0.05, 0) is 43.2 Å². The lowest BCUT2D eigenvalue weighted by molar-refractivity contribution is -0.138. The molecule has 2 amide bonds. The van der Waals surface area contributed by atoms with Crippen molar-refractivity contribution in [1.82, 2.24) is 15.1 Å². The van der Waals surface area contributed by atoms with Crippen LogP contribution in [0.2, 0.25) is 0 Å². The van der Waals surface area contributed by atoms with Crippen molar-refractivity contribution in [3.05, 3.63) is 35.4 Å². The maximum atomic E-state index is 12.8. The molecule has 0 radical (unpaired) electrons. The van der Waals surface area contributed by atoms with Gasteiger partial charge < -0.3 is 15.0 Å². The molecule has 1 aromatic rings. The van der Waals surface area contributed by atoms with Gasteiger partial charge in [0.1, 0.15) is 0 Å². The second-order valence-electron chi connectivity index (χ2n) is 8.07. The van der Waals surface area contributed by atoms with Gasteiger partial charge in [0.05, 0.1) is 12.5 Å². The van der Waals surface area contributed by atoms with E-state index in [1.54, 1.807) is 4.90 Å². The van der Waals surface area contributed by atoms with Crippen LogP contribution in [0.5, 0.6) is 0 Å². The first-order valence-corrected chi connectivity index (χ1v) is 10.4. The Hall–Kier alpha value is -1.92. The number of nitrogens with one attached hydrogen (secondary N) is 1. The zero-order valence-corrected chi connectivity index (χ0v) is 17.2. The number of ether oxygens (including phenoxy) is 1. The van der Waals surface area contributed by atoms with E-state index in [4.69, 9.17) is 4.74 Å². The van der Waals surface area contributed by atoms with Crippen molar-refractivity contribution in [3.63, 3.8) is 0 Å². The number of carbonyl (C=O) groups is 2. The Morgan fingerprint density at radius 2 is 2.04 bits per heavy atom. The number of amides is 2. The first-order valence-electron chi connectivity index (χ1n) is 10.4. The number of aryl methyl sites for hydroxylation is 1. The van der Waals surface area contributed by atoms with Crippen molar-refractivity contribution < 1.29 is 14.3 Å². The van der Waals surface area contributed by atoms with Crippen LogP contribution >= 0.6 is 0 Å².